The number of ether oxygens (including phenoxy) is 1. The largest absolute Gasteiger partial charge is 0.378 e. The van der Waals surface area contributed by atoms with Crippen molar-refractivity contribution in [3.63, 3.8) is 0 Å². The minimum atomic E-state index is 0. The average molecular weight is 485 g/mol. The molecule has 4 rings (SSSR count). The van der Waals surface area contributed by atoms with Gasteiger partial charge in [-0.15, -0.1) is 24.0 Å². The highest BCUT2D eigenvalue weighted by molar-refractivity contribution is 14.0. The average Bonchev–Trinajstić information content (AvgIpc) is 3.33. The summed E-state index contributed by atoms with van der Waals surface area (Å²) in [4.78, 5) is 14.0. The van der Waals surface area contributed by atoms with Crippen LogP contribution in [0.1, 0.15) is 37.7 Å². The summed E-state index contributed by atoms with van der Waals surface area (Å²) in [5.41, 5.74) is 1.79. The molecule has 1 saturated carbocycles. The molecule has 1 aromatic heterocycles. The zero-order valence-electron chi connectivity index (χ0n) is 16.3. The lowest BCUT2D eigenvalue weighted by Crippen LogP contribution is -2.41. The first-order chi connectivity index (χ1) is 12.8. The summed E-state index contributed by atoms with van der Waals surface area (Å²) in [6, 6.07) is 4.19. The van der Waals surface area contributed by atoms with Crippen LogP contribution in [0.3, 0.4) is 0 Å². The Labute approximate surface area is 179 Å². The number of likely N-dealkylation sites (tertiary alicyclic amines) is 1. The lowest BCUT2D eigenvalue weighted by atomic mass is 9.86. The molecule has 27 heavy (non-hydrogen) atoms. The number of aliphatic imine (C=N–C) groups is 1. The molecule has 0 unspecified atom stereocenters. The van der Waals surface area contributed by atoms with Gasteiger partial charge in [0.05, 0.1) is 13.2 Å². The molecule has 0 amide bonds. The summed E-state index contributed by atoms with van der Waals surface area (Å²) < 4.78 is 5.48. The monoisotopic (exact) mass is 485 g/mol. The van der Waals surface area contributed by atoms with E-state index in [0.29, 0.717) is 5.41 Å². The van der Waals surface area contributed by atoms with E-state index in [2.05, 4.69) is 31.2 Å². The summed E-state index contributed by atoms with van der Waals surface area (Å²) >= 11 is 0. The third-order valence-electron chi connectivity index (χ3n) is 6.23. The SMILES string of the molecule is CN=C(NCc1cccnc1N1CCOCC1)N1CCC2(CCCC2)C1.I. The minimum absolute atomic E-state index is 0. The Kier molecular flexibility index (Phi) is 7.19. The molecule has 2 saturated heterocycles. The number of hydrogen-bond donors (Lipinski definition) is 1. The maximum Gasteiger partial charge on any atom is 0.193 e. The molecule has 0 bridgehead atoms. The van der Waals surface area contributed by atoms with Gasteiger partial charge in [0.1, 0.15) is 5.82 Å². The fourth-order valence-electron chi connectivity index (χ4n) is 4.78. The number of rotatable bonds is 3. The van der Waals surface area contributed by atoms with E-state index >= 15 is 0 Å². The highest BCUT2D eigenvalue weighted by Gasteiger charge is 2.41. The van der Waals surface area contributed by atoms with Gasteiger partial charge in [-0.05, 0) is 30.7 Å². The fourth-order valence-corrected chi connectivity index (χ4v) is 4.78. The van der Waals surface area contributed by atoms with Crippen LogP contribution in [0.25, 0.3) is 0 Å². The molecule has 150 valence electrons. The smallest absolute Gasteiger partial charge is 0.193 e. The van der Waals surface area contributed by atoms with Crippen molar-refractivity contribution in [2.75, 3.05) is 51.3 Å². The lowest BCUT2D eigenvalue weighted by molar-refractivity contribution is 0.122. The summed E-state index contributed by atoms with van der Waals surface area (Å²) in [5.74, 6) is 2.11. The van der Waals surface area contributed by atoms with Crippen molar-refractivity contribution in [3.8, 4) is 0 Å². The van der Waals surface area contributed by atoms with Crippen LogP contribution in [-0.2, 0) is 11.3 Å². The summed E-state index contributed by atoms with van der Waals surface area (Å²) in [7, 11) is 1.90. The number of aromatic nitrogens is 1. The van der Waals surface area contributed by atoms with E-state index in [0.717, 1.165) is 57.7 Å². The van der Waals surface area contributed by atoms with Gasteiger partial charge in [-0.2, -0.15) is 0 Å². The van der Waals surface area contributed by atoms with Crippen LogP contribution >= 0.6 is 24.0 Å². The number of nitrogens with one attached hydrogen (secondary N) is 1. The highest BCUT2D eigenvalue weighted by Crippen LogP contribution is 2.45. The Hall–Kier alpha value is -1.09. The van der Waals surface area contributed by atoms with Crippen molar-refractivity contribution in [3.05, 3.63) is 23.9 Å². The number of hydrogen-bond acceptors (Lipinski definition) is 4. The van der Waals surface area contributed by atoms with E-state index in [4.69, 9.17) is 4.74 Å². The molecular formula is C20H32IN5O. The van der Waals surface area contributed by atoms with E-state index in [1.54, 1.807) is 0 Å². The maximum atomic E-state index is 5.48. The zero-order chi connectivity index (χ0) is 17.8. The van der Waals surface area contributed by atoms with Crippen LogP contribution in [0.15, 0.2) is 23.3 Å². The minimum Gasteiger partial charge on any atom is -0.378 e. The molecule has 2 aliphatic heterocycles. The highest BCUT2D eigenvalue weighted by atomic mass is 127. The number of guanidine groups is 1. The second-order valence-corrected chi connectivity index (χ2v) is 7.86. The molecule has 0 aromatic carbocycles. The number of anilines is 1. The summed E-state index contributed by atoms with van der Waals surface area (Å²) in [5, 5.41) is 3.59. The van der Waals surface area contributed by atoms with Gasteiger partial charge in [-0.1, -0.05) is 18.9 Å². The molecular weight excluding hydrogens is 453 g/mol. The van der Waals surface area contributed by atoms with E-state index < -0.39 is 0 Å². The normalized spacial score (nSPS) is 22.2. The lowest BCUT2D eigenvalue weighted by Gasteiger charge is -2.30. The van der Waals surface area contributed by atoms with Crippen LogP contribution in [-0.4, -0.2) is 62.3 Å². The van der Waals surface area contributed by atoms with Gasteiger partial charge in [0, 0.05) is 51.5 Å². The molecule has 6 nitrogen and oxygen atoms in total. The Morgan fingerprint density at radius 2 is 2.00 bits per heavy atom. The molecule has 1 N–H and O–H groups in total. The van der Waals surface area contributed by atoms with Crippen LogP contribution < -0.4 is 10.2 Å². The van der Waals surface area contributed by atoms with Crippen molar-refractivity contribution in [1.29, 1.82) is 0 Å². The molecule has 3 fully saturated rings. The van der Waals surface area contributed by atoms with Crippen LogP contribution in [0.4, 0.5) is 5.82 Å². The second kappa shape index (κ2) is 9.41. The first kappa shape index (κ1) is 20.6. The third-order valence-corrected chi connectivity index (χ3v) is 6.23. The maximum absolute atomic E-state index is 5.48. The van der Waals surface area contributed by atoms with Gasteiger partial charge in [0.2, 0.25) is 0 Å². The predicted molar refractivity (Wildman–Crippen MR) is 120 cm³/mol. The molecule has 3 aliphatic rings. The van der Waals surface area contributed by atoms with Crippen molar-refractivity contribution >= 4 is 35.8 Å². The Balaban J connectivity index is 0.00000210. The van der Waals surface area contributed by atoms with Crippen LogP contribution in [0.5, 0.6) is 0 Å². The molecule has 7 heteroatoms. The molecule has 1 spiro atoms. The zero-order valence-corrected chi connectivity index (χ0v) is 18.7. The standard InChI is InChI=1S/C20H31N5O.HI/c1-21-19(25-10-8-20(16-25)6-2-3-7-20)23-15-17-5-4-9-22-18(17)24-11-13-26-14-12-24;/h4-5,9H,2-3,6-8,10-16H2,1H3,(H,21,23);1H. The quantitative estimate of drug-likeness (QED) is 0.406. The first-order valence-corrected chi connectivity index (χ1v) is 10.0. The summed E-state index contributed by atoms with van der Waals surface area (Å²) in [6.07, 6.45) is 8.79. The van der Waals surface area contributed by atoms with Gasteiger partial charge < -0.3 is 19.9 Å². The molecule has 0 atom stereocenters. The third kappa shape index (κ3) is 4.67. The van der Waals surface area contributed by atoms with Gasteiger partial charge in [-0.25, -0.2) is 4.98 Å². The molecule has 1 aliphatic carbocycles. The first-order valence-electron chi connectivity index (χ1n) is 10.0. The van der Waals surface area contributed by atoms with Gasteiger partial charge in [0.15, 0.2) is 5.96 Å². The fraction of sp³-hybridized carbons (Fsp3) is 0.700. The van der Waals surface area contributed by atoms with E-state index in [1.165, 1.54) is 37.7 Å². The molecule has 3 heterocycles. The number of nitrogens with zero attached hydrogens (tertiary/aromatic N) is 4. The van der Waals surface area contributed by atoms with Gasteiger partial charge >= 0.3 is 0 Å². The van der Waals surface area contributed by atoms with Crippen molar-refractivity contribution in [2.45, 2.75) is 38.6 Å². The molecule has 0 radical (unpaired) electrons. The van der Waals surface area contributed by atoms with Crippen molar-refractivity contribution < 1.29 is 4.74 Å². The van der Waals surface area contributed by atoms with Gasteiger partial charge in [-0.3, -0.25) is 4.99 Å². The Bertz CT molecular complexity index is 641. The van der Waals surface area contributed by atoms with Crippen LogP contribution in [0, 0.1) is 5.41 Å². The Morgan fingerprint density at radius 1 is 1.22 bits per heavy atom. The number of halogens is 1. The van der Waals surface area contributed by atoms with E-state index in [9.17, 15) is 0 Å². The van der Waals surface area contributed by atoms with Crippen molar-refractivity contribution in [1.82, 2.24) is 15.2 Å². The number of pyridine rings is 1. The van der Waals surface area contributed by atoms with Gasteiger partial charge in [0.25, 0.3) is 0 Å². The number of morpholine rings is 1. The van der Waals surface area contributed by atoms with Crippen LogP contribution in [0.2, 0.25) is 0 Å². The van der Waals surface area contributed by atoms with E-state index in [1.807, 2.05) is 19.3 Å². The second-order valence-electron chi connectivity index (χ2n) is 7.86. The van der Waals surface area contributed by atoms with Crippen molar-refractivity contribution in [2.24, 2.45) is 10.4 Å². The Morgan fingerprint density at radius 3 is 2.74 bits per heavy atom. The molecule has 1 aromatic rings. The topological polar surface area (TPSA) is 53.0 Å². The van der Waals surface area contributed by atoms with E-state index in [-0.39, 0.29) is 24.0 Å². The summed E-state index contributed by atoms with van der Waals surface area (Å²) in [6.45, 7) is 6.43. The predicted octanol–water partition coefficient (Wildman–Crippen LogP) is 2.88.